The molecule has 0 heterocycles. The quantitative estimate of drug-likeness (QED) is 0.360. The van der Waals surface area contributed by atoms with Crippen LogP contribution >= 0.6 is 11.6 Å². The molecule has 1 N–H and O–H groups in total. The number of nitro benzene ring substituents is 1. The first-order valence-corrected chi connectivity index (χ1v) is 6.12. The molecule has 0 amide bonds. The highest BCUT2D eigenvalue weighted by molar-refractivity contribution is 6.31. The number of carbonyl (C=O) groups excluding carboxylic acids is 1. The molecule has 0 aliphatic carbocycles. The van der Waals surface area contributed by atoms with Gasteiger partial charge in [-0.25, -0.2) is 0 Å². The molecule has 0 saturated carbocycles. The maximum absolute atomic E-state index is 10.9. The molecule has 1 aromatic carbocycles. The summed E-state index contributed by atoms with van der Waals surface area (Å²) in [4.78, 5) is 21.1. The lowest BCUT2D eigenvalue weighted by Crippen LogP contribution is -2.16. The van der Waals surface area contributed by atoms with E-state index in [-0.39, 0.29) is 11.7 Å². The van der Waals surface area contributed by atoms with E-state index < -0.39 is 4.92 Å². The van der Waals surface area contributed by atoms with Crippen molar-refractivity contribution in [1.82, 2.24) is 5.32 Å². The van der Waals surface area contributed by atoms with Gasteiger partial charge >= 0.3 is 5.97 Å². The monoisotopic (exact) mass is 286 g/mol. The van der Waals surface area contributed by atoms with Crippen LogP contribution in [0.25, 0.3) is 0 Å². The van der Waals surface area contributed by atoms with E-state index in [0.717, 1.165) is 0 Å². The topological polar surface area (TPSA) is 81.5 Å². The van der Waals surface area contributed by atoms with E-state index in [1.165, 1.54) is 25.3 Å². The molecule has 1 aromatic rings. The summed E-state index contributed by atoms with van der Waals surface area (Å²) in [6.45, 7) is 1.02. The number of nitrogens with one attached hydrogen (secondary N) is 1. The summed E-state index contributed by atoms with van der Waals surface area (Å²) in [5.74, 6) is -0.254. The molecular formula is C12H15ClN2O4. The third-order valence-corrected chi connectivity index (χ3v) is 2.89. The molecule has 6 nitrogen and oxygen atoms in total. The number of rotatable bonds is 7. The first kappa shape index (κ1) is 15.4. The van der Waals surface area contributed by atoms with Crippen molar-refractivity contribution in [2.45, 2.75) is 19.4 Å². The second-order valence-corrected chi connectivity index (χ2v) is 4.30. The number of esters is 1. The molecule has 0 fully saturated rings. The van der Waals surface area contributed by atoms with E-state index in [1.807, 2.05) is 0 Å². The number of hydrogen-bond acceptors (Lipinski definition) is 5. The number of halogens is 1. The SMILES string of the molecule is COC(=O)CCCNCc1cc([N+](=O)[O-])ccc1Cl. The number of nitrogens with zero attached hydrogens (tertiary/aromatic N) is 1. The molecule has 0 atom stereocenters. The minimum absolute atomic E-state index is 0.00996. The summed E-state index contributed by atoms with van der Waals surface area (Å²) in [6.07, 6.45) is 0.978. The van der Waals surface area contributed by atoms with Crippen LogP contribution in [-0.4, -0.2) is 24.5 Å². The summed E-state index contributed by atoms with van der Waals surface area (Å²) in [5, 5.41) is 14.2. The summed E-state index contributed by atoms with van der Waals surface area (Å²) < 4.78 is 4.51. The zero-order valence-electron chi connectivity index (χ0n) is 10.5. The number of hydrogen-bond donors (Lipinski definition) is 1. The molecule has 0 spiro atoms. The molecule has 0 unspecified atom stereocenters. The predicted octanol–water partition coefficient (Wildman–Crippen LogP) is 2.29. The Morgan fingerprint density at radius 1 is 1.53 bits per heavy atom. The number of non-ortho nitro benzene ring substituents is 1. The molecular weight excluding hydrogens is 272 g/mol. The zero-order chi connectivity index (χ0) is 14.3. The van der Waals surface area contributed by atoms with Gasteiger partial charge in [0.1, 0.15) is 0 Å². The second kappa shape index (κ2) is 7.70. The lowest BCUT2D eigenvalue weighted by atomic mass is 10.2. The Labute approximate surface area is 115 Å². The number of methoxy groups -OCH3 is 1. The molecule has 0 bridgehead atoms. The lowest BCUT2D eigenvalue weighted by molar-refractivity contribution is -0.384. The van der Waals surface area contributed by atoms with Crippen molar-refractivity contribution >= 4 is 23.3 Å². The van der Waals surface area contributed by atoms with Gasteiger partial charge in [-0.15, -0.1) is 0 Å². The molecule has 1 rings (SSSR count). The van der Waals surface area contributed by atoms with Crippen LogP contribution < -0.4 is 5.32 Å². The van der Waals surface area contributed by atoms with Crippen LogP contribution in [0.2, 0.25) is 5.02 Å². The zero-order valence-corrected chi connectivity index (χ0v) is 11.3. The molecule has 0 saturated heterocycles. The van der Waals surface area contributed by atoms with Crippen LogP contribution in [0.4, 0.5) is 5.69 Å². The van der Waals surface area contributed by atoms with E-state index in [2.05, 4.69) is 10.1 Å². The van der Waals surface area contributed by atoms with Crippen LogP contribution in [0.5, 0.6) is 0 Å². The molecule has 7 heteroatoms. The highest BCUT2D eigenvalue weighted by Gasteiger charge is 2.09. The Morgan fingerprint density at radius 2 is 2.26 bits per heavy atom. The van der Waals surface area contributed by atoms with Gasteiger partial charge in [0.05, 0.1) is 12.0 Å². The van der Waals surface area contributed by atoms with Gasteiger partial charge in [0.2, 0.25) is 0 Å². The maximum Gasteiger partial charge on any atom is 0.305 e. The van der Waals surface area contributed by atoms with Crippen molar-refractivity contribution in [2.75, 3.05) is 13.7 Å². The van der Waals surface area contributed by atoms with Gasteiger partial charge in [-0.1, -0.05) is 11.6 Å². The minimum atomic E-state index is -0.461. The predicted molar refractivity (Wildman–Crippen MR) is 71.1 cm³/mol. The molecule has 19 heavy (non-hydrogen) atoms. The summed E-state index contributed by atoms with van der Waals surface area (Å²) in [5.41, 5.74) is 0.671. The van der Waals surface area contributed by atoms with Gasteiger partial charge < -0.3 is 10.1 Å². The van der Waals surface area contributed by atoms with Crippen molar-refractivity contribution in [1.29, 1.82) is 0 Å². The van der Waals surface area contributed by atoms with Gasteiger partial charge in [-0.05, 0) is 24.6 Å². The largest absolute Gasteiger partial charge is 0.469 e. The van der Waals surface area contributed by atoms with Crippen LogP contribution in [-0.2, 0) is 16.1 Å². The third kappa shape index (κ3) is 5.23. The molecule has 0 aliphatic heterocycles. The average molecular weight is 287 g/mol. The molecule has 104 valence electrons. The Bertz CT molecular complexity index is 465. The van der Waals surface area contributed by atoms with E-state index in [0.29, 0.717) is 36.5 Å². The van der Waals surface area contributed by atoms with Gasteiger partial charge in [0.25, 0.3) is 5.69 Å². The normalized spacial score (nSPS) is 10.2. The Balaban J connectivity index is 2.42. The maximum atomic E-state index is 10.9. The van der Waals surface area contributed by atoms with Gasteiger partial charge in [0.15, 0.2) is 0 Å². The van der Waals surface area contributed by atoms with Crippen molar-refractivity contribution in [2.24, 2.45) is 0 Å². The summed E-state index contributed by atoms with van der Waals surface area (Å²) >= 11 is 5.95. The van der Waals surface area contributed by atoms with Gasteiger partial charge in [0, 0.05) is 30.1 Å². The van der Waals surface area contributed by atoms with Crippen molar-refractivity contribution < 1.29 is 14.5 Å². The Kier molecular flexibility index (Phi) is 6.24. The van der Waals surface area contributed by atoms with E-state index in [1.54, 1.807) is 0 Å². The van der Waals surface area contributed by atoms with E-state index in [4.69, 9.17) is 11.6 Å². The fourth-order valence-corrected chi connectivity index (χ4v) is 1.68. The smallest absolute Gasteiger partial charge is 0.305 e. The van der Waals surface area contributed by atoms with Gasteiger partial charge in [-0.3, -0.25) is 14.9 Å². The number of ether oxygens (including phenoxy) is 1. The van der Waals surface area contributed by atoms with E-state index >= 15 is 0 Å². The minimum Gasteiger partial charge on any atom is -0.469 e. The first-order valence-electron chi connectivity index (χ1n) is 5.75. The van der Waals surface area contributed by atoms with Crippen LogP contribution in [0, 0.1) is 10.1 Å². The first-order chi connectivity index (χ1) is 9.04. The number of carbonyl (C=O) groups is 1. The Hall–Kier alpha value is -1.66. The van der Waals surface area contributed by atoms with Crippen LogP contribution in [0.15, 0.2) is 18.2 Å². The standard InChI is InChI=1S/C12H15ClN2O4/c1-19-12(16)3-2-6-14-8-9-7-10(15(17)18)4-5-11(9)13/h4-5,7,14H,2-3,6,8H2,1H3. The van der Waals surface area contributed by atoms with Crippen molar-refractivity contribution in [3.05, 3.63) is 38.9 Å². The number of benzene rings is 1. The Morgan fingerprint density at radius 3 is 2.89 bits per heavy atom. The van der Waals surface area contributed by atoms with Crippen LogP contribution in [0.3, 0.4) is 0 Å². The lowest BCUT2D eigenvalue weighted by Gasteiger charge is -2.06. The van der Waals surface area contributed by atoms with Crippen molar-refractivity contribution in [3.63, 3.8) is 0 Å². The second-order valence-electron chi connectivity index (χ2n) is 3.89. The van der Waals surface area contributed by atoms with E-state index in [9.17, 15) is 14.9 Å². The highest BCUT2D eigenvalue weighted by atomic mass is 35.5. The van der Waals surface area contributed by atoms with Crippen molar-refractivity contribution in [3.8, 4) is 0 Å². The molecule has 0 radical (unpaired) electrons. The molecule has 0 aromatic heterocycles. The third-order valence-electron chi connectivity index (χ3n) is 2.52. The van der Waals surface area contributed by atoms with Gasteiger partial charge in [-0.2, -0.15) is 0 Å². The number of nitro groups is 1. The highest BCUT2D eigenvalue weighted by Crippen LogP contribution is 2.21. The fraction of sp³-hybridized carbons (Fsp3) is 0.417. The molecule has 0 aliphatic rings. The average Bonchev–Trinajstić information content (AvgIpc) is 2.39. The van der Waals surface area contributed by atoms with Crippen LogP contribution in [0.1, 0.15) is 18.4 Å². The summed E-state index contributed by atoms with van der Waals surface area (Å²) in [7, 11) is 1.35. The summed E-state index contributed by atoms with van der Waals surface area (Å²) in [6, 6.07) is 4.31. The fourth-order valence-electron chi connectivity index (χ4n) is 1.49.